The molecule has 1 aromatic heterocycles. The van der Waals surface area contributed by atoms with Gasteiger partial charge in [0.1, 0.15) is 0 Å². The van der Waals surface area contributed by atoms with Crippen molar-refractivity contribution >= 4 is 15.9 Å². The molecule has 0 saturated carbocycles. The molecule has 1 fully saturated rings. The quantitative estimate of drug-likeness (QED) is 0.821. The van der Waals surface area contributed by atoms with Crippen molar-refractivity contribution < 1.29 is 13.2 Å². The van der Waals surface area contributed by atoms with Crippen LogP contribution in [-0.2, 0) is 16.3 Å². The normalized spacial score (nSPS) is 20.9. The summed E-state index contributed by atoms with van der Waals surface area (Å²) in [6, 6.07) is 5.04. The molecule has 1 aliphatic rings. The minimum atomic E-state index is -2.96. The van der Waals surface area contributed by atoms with Gasteiger partial charge in [-0.1, -0.05) is 6.07 Å². The number of carbonyl (C=O) groups excluding carboxylic acids is 1. The zero-order valence-corrected chi connectivity index (χ0v) is 11.3. The third kappa shape index (κ3) is 4.51. The number of nitrogens with one attached hydrogen (secondary N) is 2. The van der Waals surface area contributed by atoms with E-state index in [4.69, 9.17) is 0 Å². The third-order valence-corrected chi connectivity index (χ3v) is 4.73. The molecule has 2 heterocycles. The monoisotopic (exact) mass is 283 g/mol. The molecule has 1 saturated heterocycles. The van der Waals surface area contributed by atoms with Gasteiger partial charge in [-0.3, -0.25) is 4.98 Å². The van der Waals surface area contributed by atoms with Gasteiger partial charge >= 0.3 is 6.03 Å². The highest BCUT2D eigenvalue weighted by molar-refractivity contribution is 7.91. The van der Waals surface area contributed by atoms with Crippen LogP contribution in [0.5, 0.6) is 0 Å². The lowest BCUT2D eigenvalue weighted by atomic mass is 10.2. The Kier molecular flexibility index (Phi) is 4.36. The van der Waals surface area contributed by atoms with Crippen molar-refractivity contribution in [1.29, 1.82) is 0 Å². The van der Waals surface area contributed by atoms with Crippen molar-refractivity contribution in [3.8, 4) is 0 Å². The topological polar surface area (TPSA) is 88.2 Å². The van der Waals surface area contributed by atoms with Crippen LogP contribution < -0.4 is 10.6 Å². The first kappa shape index (κ1) is 13.8. The van der Waals surface area contributed by atoms with Crippen LogP contribution in [-0.4, -0.2) is 43.5 Å². The van der Waals surface area contributed by atoms with E-state index >= 15 is 0 Å². The van der Waals surface area contributed by atoms with Crippen LogP contribution in [0.4, 0.5) is 4.79 Å². The molecule has 6 nitrogen and oxygen atoms in total. The van der Waals surface area contributed by atoms with Gasteiger partial charge in [-0.25, -0.2) is 13.2 Å². The average molecular weight is 283 g/mol. The summed E-state index contributed by atoms with van der Waals surface area (Å²) in [6.07, 6.45) is 2.85. The Morgan fingerprint density at radius 3 is 2.89 bits per heavy atom. The summed E-state index contributed by atoms with van der Waals surface area (Å²) in [5, 5.41) is 5.37. The largest absolute Gasteiger partial charge is 0.338 e. The molecule has 0 bridgehead atoms. The van der Waals surface area contributed by atoms with Crippen molar-refractivity contribution in [2.24, 2.45) is 0 Å². The van der Waals surface area contributed by atoms with Crippen LogP contribution in [0.3, 0.4) is 0 Å². The summed E-state index contributed by atoms with van der Waals surface area (Å²) in [7, 11) is -2.96. The maximum atomic E-state index is 11.6. The molecular formula is C12H17N3O3S. The first-order valence-electron chi connectivity index (χ1n) is 6.20. The third-order valence-electron chi connectivity index (χ3n) is 2.96. The Hall–Kier alpha value is -1.63. The maximum absolute atomic E-state index is 11.6. The van der Waals surface area contributed by atoms with Crippen LogP contribution in [0.15, 0.2) is 24.4 Å². The smallest absolute Gasteiger partial charge is 0.315 e. The van der Waals surface area contributed by atoms with E-state index in [2.05, 4.69) is 15.6 Å². The number of amides is 2. The molecule has 1 atom stereocenters. The summed E-state index contributed by atoms with van der Waals surface area (Å²) >= 11 is 0. The van der Waals surface area contributed by atoms with E-state index in [1.807, 2.05) is 18.2 Å². The molecule has 0 aromatic carbocycles. The Balaban J connectivity index is 1.68. The fourth-order valence-corrected chi connectivity index (χ4v) is 3.67. The number of urea groups is 1. The van der Waals surface area contributed by atoms with Crippen LogP contribution in [0, 0.1) is 0 Å². The van der Waals surface area contributed by atoms with Gasteiger partial charge in [0.2, 0.25) is 0 Å². The average Bonchev–Trinajstić information content (AvgIpc) is 2.70. The summed E-state index contributed by atoms with van der Waals surface area (Å²) < 4.78 is 22.5. The summed E-state index contributed by atoms with van der Waals surface area (Å²) in [6.45, 7) is 0.475. The molecule has 19 heavy (non-hydrogen) atoms. The molecule has 2 amide bonds. The number of carbonyl (C=O) groups is 1. The van der Waals surface area contributed by atoms with Gasteiger partial charge in [-0.15, -0.1) is 0 Å². The van der Waals surface area contributed by atoms with Gasteiger partial charge in [-0.2, -0.15) is 0 Å². The number of pyridine rings is 1. The lowest BCUT2D eigenvalue weighted by Gasteiger charge is -2.11. The molecule has 0 aliphatic carbocycles. The molecule has 0 spiro atoms. The molecule has 7 heteroatoms. The Labute approximate surface area is 112 Å². The molecule has 1 aliphatic heterocycles. The van der Waals surface area contributed by atoms with Gasteiger partial charge in [0.25, 0.3) is 0 Å². The lowest BCUT2D eigenvalue weighted by molar-refractivity contribution is 0.238. The second-order valence-corrected chi connectivity index (χ2v) is 6.80. The fourth-order valence-electron chi connectivity index (χ4n) is 2.00. The van der Waals surface area contributed by atoms with E-state index in [1.165, 1.54) is 0 Å². The molecule has 2 N–H and O–H groups in total. The van der Waals surface area contributed by atoms with Crippen LogP contribution in [0.25, 0.3) is 0 Å². The van der Waals surface area contributed by atoms with Gasteiger partial charge in [0.05, 0.1) is 11.5 Å². The number of aromatic nitrogens is 1. The van der Waals surface area contributed by atoms with E-state index in [1.54, 1.807) is 6.20 Å². The molecule has 104 valence electrons. The van der Waals surface area contributed by atoms with Crippen molar-refractivity contribution in [1.82, 2.24) is 15.6 Å². The summed E-state index contributed by atoms with van der Waals surface area (Å²) in [5.41, 5.74) is 0.909. The predicted molar refractivity (Wildman–Crippen MR) is 71.5 cm³/mol. The van der Waals surface area contributed by atoms with E-state index < -0.39 is 9.84 Å². The van der Waals surface area contributed by atoms with Gasteiger partial charge in [0.15, 0.2) is 9.84 Å². The SMILES string of the molecule is O=C(NCCc1ccccn1)NC1CCS(=O)(=O)C1. The Morgan fingerprint density at radius 2 is 2.26 bits per heavy atom. The van der Waals surface area contributed by atoms with Crippen molar-refractivity contribution in [2.75, 3.05) is 18.1 Å². The molecular weight excluding hydrogens is 266 g/mol. The number of rotatable bonds is 4. The van der Waals surface area contributed by atoms with Crippen molar-refractivity contribution in [3.05, 3.63) is 30.1 Å². The Bertz CT molecular complexity index is 530. The molecule has 2 rings (SSSR count). The lowest BCUT2D eigenvalue weighted by Crippen LogP contribution is -2.43. The van der Waals surface area contributed by atoms with E-state index in [0.717, 1.165) is 5.69 Å². The summed E-state index contributed by atoms with van der Waals surface area (Å²) in [4.78, 5) is 15.7. The number of hydrogen-bond acceptors (Lipinski definition) is 4. The zero-order chi connectivity index (χ0) is 13.7. The Morgan fingerprint density at radius 1 is 1.42 bits per heavy atom. The number of hydrogen-bond donors (Lipinski definition) is 2. The van der Waals surface area contributed by atoms with E-state index in [9.17, 15) is 13.2 Å². The second kappa shape index (κ2) is 6.01. The van der Waals surface area contributed by atoms with Crippen LogP contribution >= 0.6 is 0 Å². The maximum Gasteiger partial charge on any atom is 0.315 e. The van der Waals surface area contributed by atoms with Crippen molar-refractivity contribution in [2.45, 2.75) is 18.9 Å². The van der Waals surface area contributed by atoms with E-state index in [0.29, 0.717) is 19.4 Å². The standard InChI is InChI=1S/C12H17N3O3S/c16-12(15-11-5-8-19(17,18)9-11)14-7-4-10-3-1-2-6-13-10/h1-3,6,11H,4-5,7-9H2,(H2,14,15,16). The zero-order valence-electron chi connectivity index (χ0n) is 10.5. The first-order valence-corrected chi connectivity index (χ1v) is 8.02. The van der Waals surface area contributed by atoms with Gasteiger partial charge in [0, 0.05) is 30.9 Å². The number of nitrogens with zero attached hydrogens (tertiary/aromatic N) is 1. The highest BCUT2D eigenvalue weighted by Crippen LogP contribution is 2.10. The van der Waals surface area contributed by atoms with E-state index in [-0.39, 0.29) is 23.6 Å². The van der Waals surface area contributed by atoms with Crippen LogP contribution in [0.2, 0.25) is 0 Å². The van der Waals surface area contributed by atoms with Gasteiger partial charge in [-0.05, 0) is 18.6 Å². The first-order chi connectivity index (χ1) is 9.05. The minimum Gasteiger partial charge on any atom is -0.338 e. The van der Waals surface area contributed by atoms with Gasteiger partial charge < -0.3 is 10.6 Å². The second-order valence-electron chi connectivity index (χ2n) is 4.57. The fraction of sp³-hybridized carbons (Fsp3) is 0.500. The van der Waals surface area contributed by atoms with Crippen molar-refractivity contribution in [3.63, 3.8) is 0 Å². The highest BCUT2D eigenvalue weighted by Gasteiger charge is 2.28. The minimum absolute atomic E-state index is 0.0423. The molecule has 1 unspecified atom stereocenters. The highest BCUT2D eigenvalue weighted by atomic mass is 32.2. The molecule has 0 radical (unpaired) electrons. The number of sulfone groups is 1. The molecule has 1 aromatic rings. The summed E-state index contributed by atoms with van der Waals surface area (Å²) in [5.74, 6) is 0.201. The predicted octanol–water partition coefficient (Wildman–Crippen LogP) is 0.110. The van der Waals surface area contributed by atoms with Crippen LogP contribution in [0.1, 0.15) is 12.1 Å².